The highest BCUT2D eigenvalue weighted by atomic mass is 79.9. The lowest BCUT2D eigenvalue weighted by Crippen LogP contribution is -2.20. The molecule has 1 aliphatic heterocycles. The van der Waals surface area contributed by atoms with E-state index in [4.69, 9.17) is 4.74 Å². The number of nitro benzene ring substituents is 1. The van der Waals surface area contributed by atoms with Crippen LogP contribution < -0.4 is 10.1 Å². The van der Waals surface area contributed by atoms with Gasteiger partial charge in [-0.05, 0) is 19.0 Å². The number of nitro groups is 1. The zero-order chi connectivity index (χ0) is 11.5. The van der Waals surface area contributed by atoms with Gasteiger partial charge in [0, 0.05) is 23.2 Å². The number of nitrogens with zero attached hydrogens (tertiary/aromatic N) is 1. The summed E-state index contributed by atoms with van der Waals surface area (Å²) in [5.41, 5.74) is 0.00935. The van der Waals surface area contributed by atoms with Gasteiger partial charge in [-0.25, -0.2) is 0 Å². The Hall–Kier alpha value is -1.14. The Kier molecular flexibility index (Phi) is 3.40. The van der Waals surface area contributed by atoms with Gasteiger partial charge in [0.1, 0.15) is 6.10 Å². The molecule has 0 bridgehead atoms. The van der Waals surface area contributed by atoms with Crippen molar-refractivity contribution in [2.24, 2.45) is 0 Å². The van der Waals surface area contributed by atoms with E-state index in [-0.39, 0.29) is 11.8 Å². The van der Waals surface area contributed by atoms with Crippen LogP contribution in [0.2, 0.25) is 0 Å². The molecule has 2 rings (SSSR count). The molecule has 0 amide bonds. The molecule has 0 saturated carbocycles. The van der Waals surface area contributed by atoms with E-state index in [9.17, 15) is 10.1 Å². The first-order valence-electron chi connectivity index (χ1n) is 4.98. The van der Waals surface area contributed by atoms with Crippen molar-refractivity contribution in [3.8, 4) is 5.75 Å². The fourth-order valence-corrected chi connectivity index (χ4v) is 1.98. The molecule has 0 aliphatic carbocycles. The van der Waals surface area contributed by atoms with E-state index in [1.165, 1.54) is 6.07 Å². The molecule has 1 aromatic carbocycles. The zero-order valence-electron chi connectivity index (χ0n) is 8.48. The molecular weight excluding hydrogens is 276 g/mol. The summed E-state index contributed by atoms with van der Waals surface area (Å²) in [6, 6.07) is 4.72. The molecule has 1 aromatic rings. The quantitative estimate of drug-likeness (QED) is 0.683. The molecule has 1 aliphatic rings. The smallest absolute Gasteiger partial charge is 0.311 e. The molecule has 0 spiro atoms. The molecule has 0 aromatic heterocycles. The van der Waals surface area contributed by atoms with Crippen molar-refractivity contribution < 1.29 is 9.66 Å². The van der Waals surface area contributed by atoms with Gasteiger partial charge in [0.25, 0.3) is 0 Å². The predicted octanol–water partition coefficient (Wildman–Crippen LogP) is 2.10. The van der Waals surface area contributed by atoms with E-state index in [2.05, 4.69) is 21.2 Å². The Balaban J connectivity index is 2.22. The second kappa shape index (κ2) is 4.80. The molecule has 1 N–H and O–H groups in total. The lowest BCUT2D eigenvalue weighted by molar-refractivity contribution is -0.386. The normalized spacial score (nSPS) is 19.7. The van der Waals surface area contributed by atoms with Crippen LogP contribution in [0, 0.1) is 10.1 Å². The molecule has 6 heteroatoms. The van der Waals surface area contributed by atoms with Gasteiger partial charge < -0.3 is 10.1 Å². The van der Waals surface area contributed by atoms with E-state index in [1.807, 2.05) is 0 Å². The van der Waals surface area contributed by atoms with Gasteiger partial charge >= 0.3 is 5.69 Å². The summed E-state index contributed by atoms with van der Waals surface area (Å²) in [6.07, 6.45) is 0.900. The van der Waals surface area contributed by atoms with Crippen LogP contribution in [0.15, 0.2) is 22.7 Å². The third kappa shape index (κ3) is 2.51. The highest BCUT2D eigenvalue weighted by molar-refractivity contribution is 9.10. The third-order valence-electron chi connectivity index (χ3n) is 2.43. The van der Waals surface area contributed by atoms with Crippen LogP contribution >= 0.6 is 15.9 Å². The second-order valence-corrected chi connectivity index (χ2v) is 4.52. The summed E-state index contributed by atoms with van der Waals surface area (Å²) >= 11 is 3.28. The maximum atomic E-state index is 10.8. The summed E-state index contributed by atoms with van der Waals surface area (Å²) in [4.78, 5) is 10.4. The number of nitrogens with one attached hydrogen (secondary N) is 1. The molecule has 1 atom stereocenters. The highest BCUT2D eigenvalue weighted by Gasteiger charge is 2.21. The molecule has 1 fully saturated rings. The van der Waals surface area contributed by atoms with E-state index < -0.39 is 4.92 Å². The van der Waals surface area contributed by atoms with Gasteiger partial charge in [0.2, 0.25) is 0 Å². The lowest BCUT2D eigenvalue weighted by atomic mass is 10.2. The summed E-state index contributed by atoms with van der Waals surface area (Å²) in [5.74, 6) is 0.327. The van der Waals surface area contributed by atoms with Crippen molar-refractivity contribution in [1.82, 2.24) is 5.32 Å². The fourth-order valence-electron chi connectivity index (χ4n) is 1.64. The predicted molar refractivity (Wildman–Crippen MR) is 62.7 cm³/mol. The van der Waals surface area contributed by atoms with Crippen LogP contribution in [0.3, 0.4) is 0 Å². The van der Waals surface area contributed by atoms with Crippen molar-refractivity contribution in [2.75, 3.05) is 13.1 Å². The van der Waals surface area contributed by atoms with Gasteiger partial charge in [0.05, 0.1) is 4.92 Å². The van der Waals surface area contributed by atoms with E-state index in [0.717, 1.165) is 24.0 Å². The van der Waals surface area contributed by atoms with Crippen LogP contribution in [-0.2, 0) is 0 Å². The van der Waals surface area contributed by atoms with Crippen LogP contribution in [-0.4, -0.2) is 24.1 Å². The number of hydrogen-bond donors (Lipinski definition) is 1. The summed E-state index contributed by atoms with van der Waals surface area (Å²) in [6.45, 7) is 1.64. The van der Waals surface area contributed by atoms with Crippen molar-refractivity contribution in [3.05, 3.63) is 32.8 Å². The van der Waals surface area contributed by atoms with E-state index in [0.29, 0.717) is 5.75 Å². The average molecular weight is 287 g/mol. The summed E-state index contributed by atoms with van der Waals surface area (Å²) < 4.78 is 6.39. The maximum absolute atomic E-state index is 10.8. The molecule has 1 saturated heterocycles. The minimum atomic E-state index is -0.426. The number of rotatable bonds is 3. The average Bonchev–Trinajstić information content (AvgIpc) is 2.70. The van der Waals surface area contributed by atoms with Gasteiger partial charge in [-0.1, -0.05) is 15.9 Å². The maximum Gasteiger partial charge on any atom is 0.311 e. The van der Waals surface area contributed by atoms with E-state index in [1.54, 1.807) is 12.1 Å². The standard InChI is InChI=1S/C10H11BrN2O3/c11-7-1-2-9(13(14)15)10(5-7)16-8-3-4-12-6-8/h1-2,5,8,12H,3-4,6H2. The Morgan fingerprint density at radius 1 is 1.56 bits per heavy atom. The van der Waals surface area contributed by atoms with Gasteiger partial charge in [-0.2, -0.15) is 0 Å². The van der Waals surface area contributed by atoms with Crippen LogP contribution in [0.5, 0.6) is 5.75 Å². The molecule has 16 heavy (non-hydrogen) atoms. The highest BCUT2D eigenvalue weighted by Crippen LogP contribution is 2.31. The molecule has 1 unspecified atom stereocenters. The number of ether oxygens (including phenoxy) is 1. The molecule has 1 heterocycles. The van der Waals surface area contributed by atoms with E-state index >= 15 is 0 Å². The Bertz CT molecular complexity index is 405. The fraction of sp³-hybridized carbons (Fsp3) is 0.400. The topological polar surface area (TPSA) is 64.4 Å². The first-order chi connectivity index (χ1) is 7.66. The van der Waals surface area contributed by atoms with Crippen molar-refractivity contribution >= 4 is 21.6 Å². The lowest BCUT2D eigenvalue weighted by Gasteiger charge is -2.12. The molecule has 86 valence electrons. The first kappa shape index (κ1) is 11.3. The van der Waals surface area contributed by atoms with Crippen molar-refractivity contribution in [1.29, 1.82) is 0 Å². The third-order valence-corrected chi connectivity index (χ3v) is 2.92. The second-order valence-electron chi connectivity index (χ2n) is 3.60. The largest absolute Gasteiger partial charge is 0.482 e. The van der Waals surface area contributed by atoms with Gasteiger partial charge in [-0.3, -0.25) is 10.1 Å². The van der Waals surface area contributed by atoms with Crippen molar-refractivity contribution in [3.63, 3.8) is 0 Å². The minimum Gasteiger partial charge on any atom is -0.482 e. The number of halogens is 1. The molecular formula is C10H11BrN2O3. The number of benzene rings is 1. The van der Waals surface area contributed by atoms with Crippen LogP contribution in [0.4, 0.5) is 5.69 Å². The van der Waals surface area contributed by atoms with Crippen LogP contribution in [0.1, 0.15) is 6.42 Å². The Morgan fingerprint density at radius 3 is 3.00 bits per heavy atom. The summed E-state index contributed by atoms with van der Waals surface area (Å²) in [5, 5.41) is 14.0. The summed E-state index contributed by atoms with van der Waals surface area (Å²) in [7, 11) is 0. The first-order valence-corrected chi connectivity index (χ1v) is 5.77. The van der Waals surface area contributed by atoms with Crippen LogP contribution in [0.25, 0.3) is 0 Å². The molecule has 0 radical (unpaired) electrons. The Morgan fingerprint density at radius 2 is 2.38 bits per heavy atom. The Labute approximate surface area is 101 Å². The molecule has 5 nitrogen and oxygen atoms in total. The van der Waals surface area contributed by atoms with Gasteiger partial charge in [-0.15, -0.1) is 0 Å². The van der Waals surface area contributed by atoms with Gasteiger partial charge in [0.15, 0.2) is 5.75 Å². The number of hydrogen-bond acceptors (Lipinski definition) is 4. The monoisotopic (exact) mass is 286 g/mol. The minimum absolute atomic E-state index is 0.00935. The SMILES string of the molecule is O=[N+]([O-])c1ccc(Br)cc1OC1CCNC1. The van der Waals surface area contributed by atoms with Crippen molar-refractivity contribution in [2.45, 2.75) is 12.5 Å². The zero-order valence-corrected chi connectivity index (χ0v) is 10.1.